The van der Waals surface area contributed by atoms with E-state index in [0.717, 1.165) is 25.8 Å². The highest BCUT2D eigenvalue weighted by Gasteiger charge is 2.35. The van der Waals surface area contributed by atoms with E-state index in [1.165, 1.54) is 16.2 Å². The van der Waals surface area contributed by atoms with Crippen LogP contribution in [0.15, 0.2) is 23.4 Å². The summed E-state index contributed by atoms with van der Waals surface area (Å²) in [6.07, 6.45) is 6.63. The average molecular weight is 235 g/mol. The number of piperidine rings is 1. The van der Waals surface area contributed by atoms with Gasteiger partial charge in [0.2, 0.25) is 0 Å². The Hall–Kier alpha value is -1.49. The second-order valence-corrected chi connectivity index (χ2v) is 4.78. The van der Waals surface area contributed by atoms with Gasteiger partial charge in [-0.25, -0.2) is 10.2 Å². The summed E-state index contributed by atoms with van der Waals surface area (Å²) in [5, 5.41) is 11.3. The van der Waals surface area contributed by atoms with Crippen LogP contribution >= 0.6 is 0 Å². The van der Waals surface area contributed by atoms with Crippen LogP contribution in [0.4, 0.5) is 4.79 Å². The van der Waals surface area contributed by atoms with Gasteiger partial charge in [-0.15, -0.1) is 0 Å². The zero-order valence-electron chi connectivity index (χ0n) is 9.72. The Morgan fingerprint density at radius 3 is 3.18 bits per heavy atom. The van der Waals surface area contributed by atoms with E-state index in [-0.39, 0.29) is 0 Å². The van der Waals surface area contributed by atoms with Gasteiger partial charge in [0.25, 0.3) is 0 Å². The first-order valence-electron chi connectivity index (χ1n) is 6.17. The zero-order valence-corrected chi connectivity index (χ0v) is 9.72. The predicted molar refractivity (Wildman–Crippen MR) is 63.2 cm³/mol. The maximum absolute atomic E-state index is 11.0. The molecule has 0 aliphatic carbocycles. The molecule has 5 nitrogen and oxygen atoms in total. The molecule has 3 aliphatic rings. The summed E-state index contributed by atoms with van der Waals surface area (Å²) in [5.74, 6) is 0. The van der Waals surface area contributed by atoms with Gasteiger partial charge in [0.1, 0.15) is 0 Å². The molecule has 1 atom stereocenters. The highest BCUT2D eigenvalue weighted by atomic mass is 16.4. The monoisotopic (exact) mass is 235 g/mol. The Labute approximate surface area is 100 Å². The molecule has 17 heavy (non-hydrogen) atoms. The molecule has 5 heteroatoms. The number of hydrogen-bond donors (Lipinski definition) is 2. The van der Waals surface area contributed by atoms with Gasteiger partial charge in [-0.3, -0.25) is 0 Å². The molecule has 92 valence electrons. The number of carbonyl (C=O) groups is 1. The SMILES string of the molecule is O=C(O)N1CCC2NN3CCCC=CC3=C2C1. The van der Waals surface area contributed by atoms with Crippen LogP contribution in [0.2, 0.25) is 0 Å². The smallest absolute Gasteiger partial charge is 0.407 e. The summed E-state index contributed by atoms with van der Waals surface area (Å²) in [7, 11) is 0. The number of amides is 1. The molecule has 1 saturated heterocycles. The number of fused-ring (bicyclic) bond motifs is 2. The number of nitrogens with one attached hydrogen (secondary N) is 1. The van der Waals surface area contributed by atoms with Gasteiger partial charge >= 0.3 is 6.09 Å². The maximum atomic E-state index is 11.0. The number of nitrogens with zero attached hydrogens (tertiary/aromatic N) is 2. The van der Waals surface area contributed by atoms with Gasteiger partial charge in [-0.05, 0) is 30.9 Å². The predicted octanol–water partition coefficient (Wildman–Crippen LogP) is 1.16. The fourth-order valence-corrected chi connectivity index (χ4v) is 2.79. The van der Waals surface area contributed by atoms with Crippen molar-refractivity contribution in [3.05, 3.63) is 23.4 Å². The maximum Gasteiger partial charge on any atom is 0.407 e. The number of hydrogen-bond acceptors (Lipinski definition) is 3. The summed E-state index contributed by atoms with van der Waals surface area (Å²) in [6, 6.07) is 0.336. The minimum atomic E-state index is -0.812. The van der Waals surface area contributed by atoms with E-state index in [9.17, 15) is 4.79 Å². The third kappa shape index (κ3) is 1.80. The van der Waals surface area contributed by atoms with Crippen molar-refractivity contribution in [3.8, 4) is 0 Å². The van der Waals surface area contributed by atoms with E-state index in [4.69, 9.17) is 5.11 Å². The summed E-state index contributed by atoms with van der Waals surface area (Å²) in [6.45, 7) is 2.18. The van der Waals surface area contributed by atoms with Gasteiger partial charge in [0.15, 0.2) is 0 Å². The van der Waals surface area contributed by atoms with Crippen molar-refractivity contribution in [2.75, 3.05) is 19.6 Å². The van der Waals surface area contributed by atoms with Crippen LogP contribution in [0.3, 0.4) is 0 Å². The molecule has 3 aliphatic heterocycles. The van der Waals surface area contributed by atoms with Crippen molar-refractivity contribution in [3.63, 3.8) is 0 Å². The molecule has 0 radical (unpaired) electrons. The van der Waals surface area contributed by atoms with E-state index >= 15 is 0 Å². The number of rotatable bonds is 0. The Balaban J connectivity index is 1.89. The normalized spacial score (nSPS) is 27.9. The van der Waals surface area contributed by atoms with E-state index in [1.54, 1.807) is 0 Å². The lowest BCUT2D eigenvalue weighted by Gasteiger charge is -2.29. The molecule has 2 N–H and O–H groups in total. The minimum absolute atomic E-state index is 0.336. The molecular weight excluding hydrogens is 218 g/mol. The van der Waals surface area contributed by atoms with Crippen LogP contribution in [-0.2, 0) is 0 Å². The third-order valence-electron chi connectivity index (χ3n) is 3.70. The highest BCUT2D eigenvalue weighted by Crippen LogP contribution is 2.29. The lowest BCUT2D eigenvalue weighted by Crippen LogP contribution is -2.45. The second-order valence-electron chi connectivity index (χ2n) is 4.78. The minimum Gasteiger partial charge on any atom is -0.465 e. The summed E-state index contributed by atoms with van der Waals surface area (Å²) in [4.78, 5) is 12.5. The van der Waals surface area contributed by atoms with Gasteiger partial charge in [0, 0.05) is 19.6 Å². The molecular formula is C12H17N3O2. The summed E-state index contributed by atoms with van der Waals surface area (Å²) >= 11 is 0. The zero-order chi connectivity index (χ0) is 11.8. The topological polar surface area (TPSA) is 55.8 Å². The van der Waals surface area contributed by atoms with Gasteiger partial charge in [0.05, 0.1) is 11.7 Å². The number of carboxylic acid groups (broad SMARTS) is 1. The van der Waals surface area contributed by atoms with Crippen molar-refractivity contribution in [1.29, 1.82) is 0 Å². The molecule has 1 amide bonds. The standard InChI is InChI=1S/C12H17N3O2/c16-12(17)14-7-5-10-9(8-14)11-4-2-1-3-6-15(11)13-10/h2,4,10,13H,1,3,5-8H2,(H,16,17). The first-order chi connectivity index (χ1) is 8.25. The lowest BCUT2D eigenvalue weighted by molar-refractivity contribution is 0.139. The molecule has 3 heterocycles. The first kappa shape index (κ1) is 10.7. The Bertz CT molecular complexity index is 403. The van der Waals surface area contributed by atoms with E-state index in [0.29, 0.717) is 19.1 Å². The van der Waals surface area contributed by atoms with Gasteiger partial charge in [-0.2, -0.15) is 0 Å². The van der Waals surface area contributed by atoms with Crippen molar-refractivity contribution < 1.29 is 9.90 Å². The largest absolute Gasteiger partial charge is 0.465 e. The molecule has 0 aromatic carbocycles. The van der Waals surface area contributed by atoms with Crippen molar-refractivity contribution >= 4 is 6.09 Å². The number of allylic oxidation sites excluding steroid dienone is 2. The van der Waals surface area contributed by atoms with Crippen LogP contribution in [0, 0.1) is 0 Å². The van der Waals surface area contributed by atoms with Crippen molar-refractivity contribution in [1.82, 2.24) is 15.3 Å². The highest BCUT2D eigenvalue weighted by molar-refractivity contribution is 5.66. The van der Waals surface area contributed by atoms with E-state index in [2.05, 4.69) is 22.6 Å². The summed E-state index contributed by atoms with van der Waals surface area (Å²) < 4.78 is 0. The van der Waals surface area contributed by atoms with Gasteiger partial charge < -0.3 is 15.0 Å². The van der Waals surface area contributed by atoms with E-state index in [1.807, 2.05) is 0 Å². The van der Waals surface area contributed by atoms with Crippen LogP contribution < -0.4 is 5.43 Å². The molecule has 3 rings (SSSR count). The van der Waals surface area contributed by atoms with Crippen molar-refractivity contribution in [2.24, 2.45) is 0 Å². The quantitative estimate of drug-likeness (QED) is 0.661. The van der Waals surface area contributed by atoms with Crippen LogP contribution in [0.1, 0.15) is 19.3 Å². The molecule has 0 bridgehead atoms. The third-order valence-corrected chi connectivity index (χ3v) is 3.70. The van der Waals surface area contributed by atoms with Crippen molar-refractivity contribution in [2.45, 2.75) is 25.3 Å². The fourth-order valence-electron chi connectivity index (χ4n) is 2.79. The number of hydrazine groups is 1. The summed E-state index contributed by atoms with van der Waals surface area (Å²) in [5.41, 5.74) is 5.91. The number of likely N-dealkylation sites (tertiary alicyclic amines) is 1. The Morgan fingerprint density at radius 2 is 2.35 bits per heavy atom. The molecule has 0 saturated carbocycles. The molecule has 0 aromatic heterocycles. The van der Waals surface area contributed by atoms with Crippen LogP contribution in [0.5, 0.6) is 0 Å². The second kappa shape index (κ2) is 4.07. The fraction of sp³-hybridized carbons (Fsp3) is 0.583. The van der Waals surface area contributed by atoms with Gasteiger partial charge in [-0.1, -0.05) is 6.08 Å². The molecule has 1 fully saturated rings. The average Bonchev–Trinajstić information content (AvgIpc) is 2.51. The first-order valence-corrected chi connectivity index (χ1v) is 6.17. The van der Waals surface area contributed by atoms with E-state index < -0.39 is 6.09 Å². The van der Waals surface area contributed by atoms with Crippen LogP contribution in [0.25, 0.3) is 0 Å². The molecule has 1 unspecified atom stereocenters. The lowest BCUT2D eigenvalue weighted by atomic mass is 9.99. The molecule has 0 spiro atoms. The Morgan fingerprint density at radius 1 is 1.47 bits per heavy atom. The van der Waals surface area contributed by atoms with Crippen LogP contribution in [-0.4, -0.2) is 46.8 Å². The Kier molecular flexibility index (Phi) is 2.55. The molecule has 0 aromatic rings.